The standard InChI is InChI=1S/C19H25N3O2S/c1-13(18-8-6-12-25-18)20-19(24)17-10-9-15(21(17)3)16-7-4-5-11-22(16)14(2)23/h6,8-10,12-13,16H,4-5,7,11H2,1-3H3,(H,20,24)/t13-,16-/m1/s1. The molecule has 3 heterocycles. The minimum absolute atomic E-state index is 0.0192. The second-order valence-electron chi connectivity index (χ2n) is 6.64. The third kappa shape index (κ3) is 3.63. The van der Waals surface area contributed by atoms with Gasteiger partial charge in [-0.15, -0.1) is 11.3 Å². The van der Waals surface area contributed by atoms with E-state index >= 15 is 0 Å². The average molecular weight is 359 g/mol. The average Bonchev–Trinajstić information content (AvgIpc) is 3.24. The molecule has 0 aromatic carbocycles. The van der Waals surface area contributed by atoms with Gasteiger partial charge in [0, 0.05) is 31.1 Å². The summed E-state index contributed by atoms with van der Waals surface area (Å²) in [5.41, 5.74) is 1.66. The number of nitrogens with one attached hydrogen (secondary N) is 1. The number of carbonyl (C=O) groups excluding carboxylic acids is 2. The molecule has 0 bridgehead atoms. The molecular formula is C19H25N3O2S. The van der Waals surface area contributed by atoms with Crippen LogP contribution in [0.3, 0.4) is 0 Å². The van der Waals surface area contributed by atoms with Gasteiger partial charge in [-0.3, -0.25) is 9.59 Å². The Morgan fingerprint density at radius 3 is 2.76 bits per heavy atom. The Kier molecular flexibility index (Phi) is 5.27. The summed E-state index contributed by atoms with van der Waals surface area (Å²) in [7, 11) is 1.91. The summed E-state index contributed by atoms with van der Waals surface area (Å²) in [6.07, 6.45) is 3.10. The quantitative estimate of drug-likeness (QED) is 0.906. The molecule has 0 radical (unpaired) electrons. The van der Waals surface area contributed by atoms with E-state index in [9.17, 15) is 9.59 Å². The zero-order valence-electron chi connectivity index (χ0n) is 15.0. The van der Waals surface area contributed by atoms with Gasteiger partial charge in [-0.1, -0.05) is 6.07 Å². The van der Waals surface area contributed by atoms with Gasteiger partial charge in [-0.2, -0.15) is 0 Å². The van der Waals surface area contributed by atoms with Crippen molar-refractivity contribution in [2.75, 3.05) is 6.54 Å². The van der Waals surface area contributed by atoms with E-state index in [2.05, 4.69) is 5.32 Å². The van der Waals surface area contributed by atoms with Crippen LogP contribution in [0.15, 0.2) is 29.6 Å². The molecule has 1 aliphatic heterocycles. The zero-order valence-corrected chi connectivity index (χ0v) is 15.8. The third-order valence-corrected chi connectivity index (χ3v) is 6.01. The molecule has 0 aliphatic carbocycles. The topological polar surface area (TPSA) is 54.3 Å². The number of hydrogen-bond acceptors (Lipinski definition) is 3. The van der Waals surface area contributed by atoms with Crippen molar-refractivity contribution in [3.05, 3.63) is 45.9 Å². The van der Waals surface area contributed by atoms with Crippen molar-refractivity contribution in [2.24, 2.45) is 7.05 Å². The van der Waals surface area contributed by atoms with E-state index in [0.717, 1.165) is 36.4 Å². The van der Waals surface area contributed by atoms with E-state index in [-0.39, 0.29) is 23.9 Å². The van der Waals surface area contributed by atoms with Crippen LogP contribution < -0.4 is 5.32 Å². The molecule has 134 valence electrons. The molecule has 2 amide bonds. The number of nitrogens with zero attached hydrogens (tertiary/aromatic N) is 2. The van der Waals surface area contributed by atoms with Crippen LogP contribution in [0.4, 0.5) is 0 Å². The summed E-state index contributed by atoms with van der Waals surface area (Å²) in [5.74, 6) is 0.0167. The molecule has 5 nitrogen and oxygen atoms in total. The lowest BCUT2D eigenvalue weighted by molar-refractivity contribution is -0.132. The van der Waals surface area contributed by atoms with Crippen molar-refractivity contribution in [3.8, 4) is 0 Å². The fourth-order valence-electron chi connectivity index (χ4n) is 3.58. The highest BCUT2D eigenvalue weighted by Crippen LogP contribution is 2.32. The molecule has 0 unspecified atom stereocenters. The van der Waals surface area contributed by atoms with E-state index < -0.39 is 0 Å². The Morgan fingerprint density at radius 2 is 2.08 bits per heavy atom. The third-order valence-electron chi connectivity index (χ3n) is 4.96. The van der Waals surface area contributed by atoms with Gasteiger partial charge in [-0.05, 0) is 49.8 Å². The fraction of sp³-hybridized carbons (Fsp3) is 0.474. The molecule has 0 saturated carbocycles. The van der Waals surface area contributed by atoms with E-state index in [0.29, 0.717) is 5.69 Å². The van der Waals surface area contributed by atoms with E-state index in [4.69, 9.17) is 0 Å². The van der Waals surface area contributed by atoms with Gasteiger partial charge in [0.1, 0.15) is 5.69 Å². The minimum Gasteiger partial charge on any atom is -0.343 e. The predicted molar refractivity (Wildman–Crippen MR) is 99.6 cm³/mol. The van der Waals surface area contributed by atoms with Crippen molar-refractivity contribution in [1.82, 2.24) is 14.8 Å². The highest BCUT2D eigenvalue weighted by Gasteiger charge is 2.29. The largest absolute Gasteiger partial charge is 0.343 e. The van der Waals surface area contributed by atoms with Crippen molar-refractivity contribution >= 4 is 23.2 Å². The number of amides is 2. The number of aromatic nitrogens is 1. The number of carbonyl (C=O) groups is 2. The van der Waals surface area contributed by atoms with Gasteiger partial charge >= 0.3 is 0 Å². The Morgan fingerprint density at radius 1 is 1.28 bits per heavy atom. The molecule has 2 aromatic rings. The first kappa shape index (κ1) is 17.7. The number of likely N-dealkylation sites (tertiary alicyclic amines) is 1. The van der Waals surface area contributed by atoms with Crippen molar-refractivity contribution in [1.29, 1.82) is 0 Å². The summed E-state index contributed by atoms with van der Waals surface area (Å²) < 4.78 is 1.93. The summed E-state index contributed by atoms with van der Waals surface area (Å²) >= 11 is 1.64. The number of piperidine rings is 1. The maximum Gasteiger partial charge on any atom is 0.268 e. The molecule has 0 spiro atoms. The van der Waals surface area contributed by atoms with Crippen molar-refractivity contribution < 1.29 is 9.59 Å². The number of thiophene rings is 1. The molecule has 3 rings (SSSR count). The first-order valence-corrected chi connectivity index (χ1v) is 9.64. The normalized spacial score (nSPS) is 18.8. The van der Waals surface area contributed by atoms with Gasteiger partial charge < -0.3 is 14.8 Å². The molecular weight excluding hydrogens is 334 g/mol. The van der Waals surface area contributed by atoms with Crippen LogP contribution in [0.25, 0.3) is 0 Å². The molecule has 1 aliphatic rings. The first-order chi connectivity index (χ1) is 12.0. The Hall–Kier alpha value is -2.08. The molecule has 2 aromatic heterocycles. The van der Waals surface area contributed by atoms with Gasteiger partial charge in [0.05, 0.1) is 12.1 Å². The molecule has 6 heteroatoms. The molecule has 1 N–H and O–H groups in total. The monoisotopic (exact) mass is 359 g/mol. The first-order valence-electron chi connectivity index (χ1n) is 8.76. The van der Waals surface area contributed by atoms with Crippen LogP contribution >= 0.6 is 11.3 Å². The Bertz CT molecular complexity index is 751. The highest BCUT2D eigenvalue weighted by atomic mass is 32.1. The SMILES string of the molecule is CC(=O)N1CCCC[C@@H]1c1ccc(C(=O)N[C@H](C)c2cccs2)n1C. The highest BCUT2D eigenvalue weighted by molar-refractivity contribution is 7.10. The van der Waals surface area contributed by atoms with Crippen LogP contribution in [-0.4, -0.2) is 27.8 Å². The van der Waals surface area contributed by atoms with E-state index in [1.165, 1.54) is 0 Å². The summed E-state index contributed by atoms with van der Waals surface area (Å²) in [6, 6.07) is 7.90. The van der Waals surface area contributed by atoms with Gasteiger partial charge in [0.15, 0.2) is 0 Å². The van der Waals surface area contributed by atoms with Gasteiger partial charge in [0.25, 0.3) is 5.91 Å². The maximum atomic E-state index is 12.7. The number of rotatable bonds is 4. The Labute approximate surface area is 152 Å². The van der Waals surface area contributed by atoms with E-state index in [1.54, 1.807) is 18.3 Å². The predicted octanol–water partition coefficient (Wildman–Crippen LogP) is 3.65. The Balaban J connectivity index is 1.78. The molecule has 2 atom stereocenters. The zero-order chi connectivity index (χ0) is 18.0. The molecule has 25 heavy (non-hydrogen) atoms. The lowest BCUT2D eigenvalue weighted by atomic mass is 9.99. The molecule has 1 fully saturated rings. The van der Waals surface area contributed by atoms with Gasteiger partial charge in [-0.25, -0.2) is 0 Å². The fourth-order valence-corrected chi connectivity index (χ4v) is 4.32. The van der Waals surface area contributed by atoms with Crippen LogP contribution in [0.2, 0.25) is 0 Å². The maximum absolute atomic E-state index is 12.7. The summed E-state index contributed by atoms with van der Waals surface area (Å²) in [4.78, 5) is 27.7. The van der Waals surface area contributed by atoms with Crippen molar-refractivity contribution in [2.45, 2.75) is 45.2 Å². The van der Waals surface area contributed by atoms with Crippen LogP contribution in [0.5, 0.6) is 0 Å². The lowest BCUT2D eigenvalue weighted by Gasteiger charge is -2.35. The van der Waals surface area contributed by atoms with Crippen LogP contribution in [0.1, 0.15) is 66.3 Å². The second kappa shape index (κ2) is 7.44. The van der Waals surface area contributed by atoms with Crippen molar-refractivity contribution in [3.63, 3.8) is 0 Å². The lowest BCUT2D eigenvalue weighted by Crippen LogP contribution is -2.38. The minimum atomic E-state index is -0.0835. The summed E-state index contributed by atoms with van der Waals surface area (Å²) in [5, 5.41) is 5.07. The second-order valence-corrected chi connectivity index (χ2v) is 7.62. The summed E-state index contributed by atoms with van der Waals surface area (Å²) in [6.45, 7) is 4.41. The van der Waals surface area contributed by atoms with Crippen LogP contribution in [-0.2, 0) is 11.8 Å². The number of hydrogen-bond donors (Lipinski definition) is 1. The molecule has 1 saturated heterocycles. The van der Waals surface area contributed by atoms with Gasteiger partial charge in [0.2, 0.25) is 5.91 Å². The van der Waals surface area contributed by atoms with E-state index in [1.807, 2.05) is 53.1 Å². The smallest absolute Gasteiger partial charge is 0.268 e. The van der Waals surface area contributed by atoms with Crippen LogP contribution in [0, 0.1) is 0 Å².